The fourth-order valence-corrected chi connectivity index (χ4v) is 3.10. The number of methoxy groups -OCH3 is 1. The van der Waals surface area contributed by atoms with Crippen LogP contribution in [0.1, 0.15) is 31.8 Å². The zero-order valence-electron chi connectivity index (χ0n) is 16.1. The van der Waals surface area contributed by atoms with Crippen molar-refractivity contribution in [3.63, 3.8) is 0 Å². The van der Waals surface area contributed by atoms with Gasteiger partial charge in [-0.25, -0.2) is 9.59 Å². The molecule has 0 saturated carbocycles. The highest BCUT2D eigenvalue weighted by Gasteiger charge is 2.15. The molecule has 7 heteroatoms. The molecule has 0 aromatic heterocycles. The van der Waals surface area contributed by atoms with Crippen molar-refractivity contribution < 1.29 is 23.8 Å². The number of carbonyl (C=O) groups is 2. The summed E-state index contributed by atoms with van der Waals surface area (Å²) in [4.78, 5) is 24.0. The second-order valence-electron chi connectivity index (χ2n) is 6.29. The summed E-state index contributed by atoms with van der Waals surface area (Å²) in [5, 5.41) is 1.02. The largest absolute Gasteiger partial charge is 0.488 e. The predicted molar refractivity (Wildman–Crippen MR) is 114 cm³/mol. The van der Waals surface area contributed by atoms with Crippen molar-refractivity contribution in [2.24, 2.45) is 0 Å². The van der Waals surface area contributed by atoms with Crippen LogP contribution in [0.3, 0.4) is 0 Å². The van der Waals surface area contributed by atoms with Gasteiger partial charge in [0.05, 0.1) is 12.7 Å². The average Bonchev–Trinajstić information content (AvgIpc) is 2.77. The number of esters is 2. The topological polar surface area (TPSA) is 61.8 Å². The number of rotatable bonds is 7. The number of benzene rings is 3. The second-order valence-corrected chi connectivity index (χ2v) is 7.13. The van der Waals surface area contributed by atoms with Crippen LogP contribution in [-0.4, -0.2) is 19.0 Å². The second kappa shape index (κ2) is 10.1. The lowest BCUT2D eigenvalue weighted by molar-refractivity contribution is 0.0466. The molecule has 0 heterocycles. The lowest BCUT2D eigenvalue weighted by atomic mass is 10.1. The van der Waals surface area contributed by atoms with Crippen LogP contribution in [0.4, 0.5) is 0 Å². The fourth-order valence-electron chi connectivity index (χ4n) is 2.64. The SMILES string of the molecule is COC(=O)c1ccc(COC(=O)c2ccccc2OCc2ccc(Cl)cc2Cl)cc1. The molecule has 30 heavy (non-hydrogen) atoms. The summed E-state index contributed by atoms with van der Waals surface area (Å²) in [7, 11) is 1.32. The lowest BCUT2D eigenvalue weighted by Gasteiger charge is -2.12. The Bertz CT molecular complexity index is 1050. The highest BCUT2D eigenvalue weighted by molar-refractivity contribution is 6.35. The van der Waals surface area contributed by atoms with E-state index >= 15 is 0 Å². The quantitative estimate of drug-likeness (QED) is 0.436. The van der Waals surface area contributed by atoms with Gasteiger partial charge in [0.1, 0.15) is 24.5 Å². The van der Waals surface area contributed by atoms with Crippen molar-refractivity contribution in [2.75, 3.05) is 7.11 Å². The third kappa shape index (κ3) is 5.53. The van der Waals surface area contributed by atoms with E-state index in [-0.39, 0.29) is 13.2 Å². The van der Waals surface area contributed by atoms with E-state index in [4.69, 9.17) is 32.7 Å². The number of carbonyl (C=O) groups excluding carboxylic acids is 2. The Morgan fingerprint density at radius 1 is 0.867 bits per heavy atom. The highest BCUT2D eigenvalue weighted by atomic mass is 35.5. The molecule has 3 aromatic carbocycles. The number of hydrogen-bond acceptors (Lipinski definition) is 5. The molecule has 0 unspecified atom stereocenters. The normalized spacial score (nSPS) is 10.4. The number of para-hydroxylation sites is 1. The molecule has 0 spiro atoms. The van der Waals surface area contributed by atoms with Gasteiger partial charge < -0.3 is 14.2 Å². The van der Waals surface area contributed by atoms with Crippen LogP contribution in [0.15, 0.2) is 66.7 Å². The summed E-state index contributed by atoms with van der Waals surface area (Å²) in [6.07, 6.45) is 0. The molecule has 3 aromatic rings. The molecular formula is C23H18Cl2O5. The molecule has 0 fully saturated rings. The molecule has 0 bridgehead atoms. The lowest BCUT2D eigenvalue weighted by Crippen LogP contribution is -2.08. The highest BCUT2D eigenvalue weighted by Crippen LogP contribution is 2.25. The molecule has 5 nitrogen and oxygen atoms in total. The van der Waals surface area contributed by atoms with Crippen molar-refractivity contribution in [1.29, 1.82) is 0 Å². The van der Waals surface area contributed by atoms with E-state index in [1.165, 1.54) is 7.11 Å². The van der Waals surface area contributed by atoms with Crippen LogP contribution in [-0.2, 0) is 22.7 Å². The van der Waals surface area contributed by atoms with Gasteiger partial charge in [0.2, 0.25) is 0 Å². The summed E-state index contributed by atoms with van der Waals surface area (Å²) in [5.41, 5.74) is 2.21. The molecule has 154 valence electrons. The van der Waals surface area contributed by atoms with Crippen molar-refractivity contribution >= 4 is 35.1 Å². The van der Waals surface area contributed by atoms with E-state index < -0.39 is 11.9 Å². The maximum Gasteiger partial charge on any atom is 0.342 e. The van der Waals surface area contributed by atoms with Crippen LogP contribution in [0, 0.1) is 0 Å². The first-order valence-corrected chi connectivity index (χ1v) is 9.73. The van der Waals surface area contributed by atoms with Crippen molar-refractivity contribution in [3.8, 4) is 5.75 Å². The minimum absolute atomic E-state index is 0.0532. The third-order valence-corrected chi connectivity index (χ3v) is 4.84. The molecular weight excluding hydrogens is 427 g/mol. The first-order valence-electron chi connectivity index (χ1n) is 8.98. The number of hydrogen-bond donors (Lipinski definition) is 0. The minimum atomic E-state index is -0.523. The first kappa shape index (κ1) is 21.7. The Kier molecular flexibility index (Phi) is 7.33. The standard InChI is InChI=1S/C23H18Cl2O5/c1-28-22(26)16-8-6-15(7-9-16)13-30-23(27)19-4-2-3-5-21(19)29-14-17-10-11-18(24)12-20(17)25/h2-12H,13-14H2,1H3. The van der Waals surface area contributed by atoms with Crippen LogP contribution < -0.4 is 4.74 Å². The third-order valence-electron chi connectivity index (χ3n) is 4.25. The molecule has 0 aliphatic rings. The summed E-state index contributed by atoms with van der Waals surface area (Å²) in [5.74, 6) is -0.565. The van der Waals surface area contributed by atoms with Crippen LogP contribution in [0.25, 0.3) is 0 Å². The Balaban J connectivity index is 1.64. The average molecular weight is 445 g/mol. The predicted octanol–water partition coefficient (Wildman–Crippen LogP) is 5.72. The van der Waals surface area contributed by atoms with Gasteiger partial charge in [0, 0.05) is 15.6 Å². The van der Waals surface area contributed by atoms with E-state index in [1.54, 1.807) is 66.7 Å². The first-order chi connectivity index (χ1) is 14.5. The molecule has 0 aliphatic carbocycles. The molecule has 3 rings (SSSR count). The van der Waals surface area contributed by atoms with Crippen LogP contribution >= 0.6 is 23.2 Å². The van der Waals surface area contributed by atoms with Gasteiger partial charge in [-0.3, -0.25) is 0 Å². The van der Waals surface area contributed by atoms with E-state index in [0.29, 0.717) is 26.9 Å². The van der Waals surface area contributed by atoms with Gasteiger partial charge >= 0.3 is 11.9 Å². The zero-order chi connectivity index (χ0) is 21.5. The van der Waals surface area contributed by atoms with E-state index in [2.05, 4.69) is 4.74 Å². The molecule has 0 saturated heterocycles. The Morgan fingerprint density at radius 2 is 1.60 bits per heavy atom. The maximum atomic E-state index is 12.6. The molecule has 0 radical (unpaired) electrons. The summed E-state index contributed by atoms with van der Waals surface area (Å²) in [6, 6.07) is 18.5. The van der Waals surface area contributed by atoms with Crippen LogP contribution in [0.5, 0.6) is 5.75 Å². The van der Waals surface area contributed by atoms with Crippen molar-refractivity contribution in [2.45, 2.75) is 13.2 Å². The minimum Gasteiger partial charge on any atom is -0.488 e. The van der Waals surface area contributed by atoms with Crippen LogP contribution in [0.2, 0.25) is 10.0 Å². The monoisotopic (exact) mass is 444 g/mol. The molecule has 0 aliphatic heterocycles. The van der Waals surface area contributed by atoms with Gasteiger partial charge in [-0.05, 0) is 42.0 Å². The Labute approximate surface area is 184 Å². The Hall–Kier alpha value is -3.02. The van der Waals surface area contributed by atoms with E-state index in [1.807, 2.05) is 0 Å². The van der Waals surface area contributed by atoms with Gasteiger partial charge in [-0.2, -0.15) is 0 Å². The van der Waals surface area contributed by atoms with Gasteiger partial charge in [0.25, 0.3) is 0 Å². The zero-order valence-corrected chi connectivity index (χ0v) is 17.6. The van der Waals surface area contributed by atoms with Crippen molar-refractivity contribution in [1.82, 2.24) is 0 Å². The summed E-state index contributed by atoms with van der Waals surface area (Å²) in [6.45, 7) is 0.229. The maximum absolute atomic E-state index is 12.6. The van der Waals surface area contributed by atoms with E-state index in [0.717, 1.165) is 11.1 Å². The number of ether oxygens (including phenoxy) is 3. The fraction of sp³-hybridized carbons (Fsp3) is 0.130. The summed E-state index contributed by atoms with van der Waals surface area (Å²) >= 11 is 12.1. The van der Waals surface area contributed by atoms with Gasteiger partial charge in [0.15, 0.2) is 0 Å². The summed E-state index contributed by atoms with van der Waals surface area (Å²) < 4.78 is 15.8. The number of halogens is 2. The van der Waals surface area contributed by atoms with Crippen molar-refractivity contribution in [3.05, 3.63) is 99.0 Å². The Morgan fingerprint density at radius 3 is 2.30 bits per heavy atom. The smallest absolute Gasteiger partial charge is 0.342 e. The molecule has 0 N–H and O–H groups in total. The molecule has 0 atom stereocenters. The van der Waals surface area contributed by atoms with E-state index in [9.17, 15) is 9.59 Å². The van der Waals surface area contributed by atoms with Gasteiger partial charge in [-0.15, -0.1) is 0 Å². The molecule has 0 amide bonds. The van der Waals surface area contributed by atoms with Gasteiger partial charge in [-0.1, -0.05) is 53.5 Å².